The van der Waals surface area contributed by atoms with Crippen LogP contribution in [0.5, 0.6) is 0 Å². The van der Waals surface area contributed by atoms with Gasteiger partial charge in [0.2, 0.25) is 5.91 Å². The quantitative estimate of drug-likeness (QED) is 0.803. The van der Waals surface area contributed by atoms with Crippen LogP contribution >= 0.6 is 0 Å². The minimum absolute atomic E-state index is 0.00258. The third-order valence-corrected chi connectivity index (χ3v) is 3.84. The van der Waals surface area contributed by atoms with Crippen molar-refractivity contribution >= 4 is 17.6 Å². The molecule has 0 aliphatic rings. The molecule has 1 amide bonds. The summed E-state index contributed by atoms with van der Waals surface area (Å²) in [5.74, 6) is -1.24. The number of nitrogens with zero attached hydrogens (tertiary/aromatic N) is 2. The van der Waals surface area contributed by atoms with Crippen molar-refractivity contribution in [3.63, 3.8) is 0 Å². The fourth-order valence-electron chi connectivity index (χ4n) is 2.56. The van der Waals surface area contributed by atoms with Crippen molar-refractivity contribution < 1.29 is 23.5 Å². The van der Waals surface area contributed by atoms with E-state index in [1.807, 2.05) is 0 Å². The summed E-state index contributed by atoms with van der Waals surface area (Å²) < 4.78 is 26.3. The maximum absolute atomic E-state index is 12.8. The van der Waals surface area contributed by atoms with Crippen LogP contribution in [0, 0.1) is 13.8 Å². The number of carboxylic acid groups (broad SMARTS) is 1. The van der Waals surface area contributed by atoms with Gasteiger partial charge in [0.1, 0.15) is 0 Å². The summed E-state index contributed by atoms with van der Waals surface area (Å²) >= 11 is 0. The highest BCUT2D eigenvalue weighted by molar-refractivity contribution is 5.92. The molecule has 1 aromatic heterocycles. The SMILES string of the molecule is Cc1nn(C(F)F)c(C)c1CC(=O)Nc1cccc(CCC(=O)O)c1. The number of amides is 1. The highest BCUT2D eigenvalue weighted by Crippen LogP contribution is 2.20. The molecule has 1 heterocycles. The predicted octanol–water partition coefficient (Wildman–Crippen LogP) is 3.09. The fraction of sp³-hybridized carbons (Fsp3) is 0.353. The molecule has 2 rings (SSSR count). The average molecular weight is 351 g/mol. The summed E-state index contributed by atoms with van der Waals surface area (Å²) in [6.45, 7) is 0.337. The van der Waals surface area contributed by atoms with Crippen molar-refractivity contribution in [1.29, 1.82) is 0 Å². The molecular formula is C17H19F2N3O3. The second-order valence-electron chi connectivity index (χ2n) is 5.69. The van der Waals surface area contributed by atoms with Crippen molar-refractivity contribution in [2.75, 3.05) is 5.32 Å². The molecule has 6 nitrogen and oxygen atoms in total. The number of nitrogens with one attached hydrogen (secondary N) is 1. The van der Waals surface area contributed by atoms with Crippen molar-refractivity contribution in [1.82, 2.24) is 9.78 Å². The van der Waals surface area contributed by atoms with E-state index in [1.165, 1.54) is 6.92 Å². The summed E-state index contributed by atoms with van der Waals surface area (Å²) in [5, 5.41) is 15.2. The molecule has 25 heavy (non-hydrogen) atoms. The van der Waals surface area contributed by atoms with Crippen LogP contribution in [0.1, 0.15) is 35.5 Å². The fourth-order valence-corrected chi connectivity index (χ4v) is 2.56. The number of alkyl halides is 2. The zero-order chi connectivity index (χ0) is 18.6. The van der Waals surface area contributed by atoms with Crippen molar-refractivity contribution in [3.05, 3.63) is 46.8 Å². The van der Waals surface area contributed by atoms with Gasteiger partial charge in [-0.1, -0.05) is 12.1 Å². The predicted molar refractivity (Wildman–Crippen MR) is 87.7 cm³/mol. The Morgan fingerprint density at radius 3 is 2.64 bits per heavy atom. The Morgan fingerprint density at radius 2 is 2.04 bits per heavy atom. The van der Waals surface area contributed by atoms with Crippen molar-refractivity contribution in [2.24, 2.45) is 0 Å². The summed E-state index contributed by atoms with van der Waals surface area (Å²) in [4.78, 5) is 22.8. The molecule has 0 spiro atoms. The number of carbonyl (C=O) groups is 2. The van der Waals surface area contributed by atoms with E-state index < -0.39 is 12.5 Å². The Kier molecular flexibility index (Phi) is 5.84. The number of rotatable bonds is 7. The van der Waals surface area contributed by atoms with E-state index in [9.17, 15) is 18.4 Å². The monoisotopic (exact) mass is 351 g/mol. The maximum Gasteiger partial charge on any atom is 0.333 e. The van der Waals surface area contributed by atoms with E-state index in [0.29, 0.717) is 28.0 Å². The number of halogens is 2. The van der Waals surface area contributed by atoms with Crippen LogP contribution in [0.2, 0.25) is 0 Å². The van der Waals surface area contributed by atoms with Gasteiger partial charge >= 0.3 is 12.5 Å². The van der Waals surface area contributed by atoms with Gasteiger partial charge in [-0.3, -0.25) is 9.59 Å². The standard InChI is InChI=1S/C17H19F2N3O3/c1-10-14(11(2)22(21-10)17(18)19)9-15(23)20-13-5-3-4-12(8-13)6-7-16(24)25/h3-5,8,17H,6-7,9H2,1-2H3,(H,20,23)(H,24,25). The second kappa shape index (κ2) is 7.87. The summed E-state index contributed by atoms with van der Waals surface area (Å²) in [7, 11) is 0. The normalized spacial score (nSPS) is 10.9. The lowest BCUT2D eigenvalue weighted by Gasteiger charge is -2.08. The van der Waals surface area contributed by atoms with Gasteiger partial charge in [-0.2, -0.15) is 13.9 Å². The highest BCUT2D eigenvalue weighted by atomic mass is 19.3. The summed E-state index contributed by atoms with van der Waals surface area (Å²) in [5.41, 5.74) is 2.45. The van der Waals surface area contributed by atoms with Gasteiger partial charge in [0.05, 0.1) is 12.1 Å². The maximum atomic E-state index is 12.8. The van der Waals surface area contributed by atoms with Gasteiger partial charge in [0.15, 0.2) is 0 Å². The molecule has 8 heteroatoms. The first-order chi connectivity index (χ1) is 11.8. The number of hydrogen-bond donors (Lipinski definition) is 2. The largest absolute Gasteiger partial charge is 0.481 e. The molecule has 0 atom stereocenters. The molecule has 2 N–H and O–H groups in total. The molecule has 0 fully saturated rings. The van der Waals surface area contributed by atoms with Crippen LogP contribution in [0.15, 0.2) is 24.3 Å². The number of carboxylic acids is 1. The van der Waals surface area contributed by atoms with Crippen LogP contribution in [-0.4, -0.2) is 26.8 Å². The number of hydrogen-bond acceptors (Lipinski definition) is 3. The van der Waals surface area contributed by atoms with Gasteiger partial charge < -0.3 is 10.4 Å². The first kappa shape index (κ1) is 18.6. The average Bonchev–Trinajstić information content (AvgIpc) is 2.81. The number of aryl methyl sites for hydroxylation is 2. The molecule has 0 saturated heterocycles. The molecule has 0 saturated carbocycles. The first-order valence-electron chi connectivity index (χ1n) is 7.71. The molecular weight excluding hydrogens is 332 g/mol. The topological polar surface area (TPSA) is 84.2 Å². The van der Waals surface area contributed by atoms with Crippen LogP contribution < -0.4 is 5.32 Å². The lowest BCUT2D eigenvalue weighted by atomic mass is 10.1. The smallest absolute Gasteiger partial charge is 0.333 e. The van der Waals surface area contributed by atoms with Gasteiger partial charge in [-0.25, -0.2) is 4.68 Å². The van der Waals surface area contributed by atoms with Gasteiger partial charge in [-0.15, -0.1) is 0 Å². The molecule has 0 bridgehead atoms. The lowest BCUT2D eigenvalue weighted by molar-refractivity contribution is -0.137. The van der Waals surface area contributed by atoms with E-state index in [1.54, 1.807) is 31.2 Å². The van der Waals surface area contributed by atoms with Gasteiger partial charge in [0, 0.05) is 23.4 Å². The number of benzene rings is 1. The molecule has 134 valence electrons. The van der Waals surface area contributed by atoms with Gasteiger partial charge in [-0.05, 0) is 38.0 Å². The molecule has 0 radical (unpaired) electrons. The Hall–Kier alpha value is -2.77. The van der Waals surface area contributed by atoms with Crippen LogP contribution in [0.3, 0.4) is 0 Å². The van der Waals surface area contributed by atoms with Gasteiger partial charge in [0.25, 0.3) is 0 Å². The third-order valence-electron chi connectivity index (χ3n) is 3.84. The molecule has 0 aliphatic carbocycles. The third kappa shape index (κ3) is 4.85. The molecule has 0 aliphatic heterocycles. The Labute approximate surface area is 143 Å². The second-order valence-corrected chi connectivity index (χ2v) is 5.69. The number of anilines is 1. The minimum atomic E-state index is -2.75. The molecule has 1 aromatic carbocycles. The molecule has 2 aromatic rings. The Balaban J connectivity index is 2.06. The minimum Gasteiger partial charge on any atom is -0.481 e. The van der Waals surface area contributed by atoms with Crippen molar-refractivity contribution in [3.8, 4) is 0 Å². The molecule has 0 unspecified atom stereocenters. The number of aliphatic carboxylic acids is 1. The Morgan fingerprint density at radius 1 is 1.32 bits per heavy atom. The number of carbonyl (C=O) groups excluding carboxylic acids is 1. The highest BCUT2D eigenvalue weighted by Gasteiger charge is 2.19. The first-order valence-corrected chi connectivity index (χ1v) is 7.71. The zero-order valence-electron chi connectivity index (χ0n) is 13.9. The van der Waals surface area contributed by atoms with E-state index in [4.69, 9.17) is 5.11 Å². The zero-order valence-corrected chi connectivity index (χ0v) is 13.9. The summed E-state index contributed by atoms with van der Waals surface area (Å²) in [6, 6.07) is 6.88. The van der Waals surface area contributed by atoms with Crippen molar-refractivity contribution in [2.45, 2.75) is 39.7 Å². The van der Waals surface area contributed by atoms with Crippen LogP contribution in [0.25, 0.3) is 0 Å². The summed E-state index contributed by atoms with van der Waals surface area (Å²) in [6.07, 6.45) is 0.296. The van der Waals surface area contributed by atoms with E-state index in [2.05, 4.69) is 10.4 Å². The van der Waals surface area contributed by atoms with E-state index in [0.717, 1.165) is 5.56 Å². The van der Waals surface area contributed by atoms with Crippen LogP contribution in [-0.2, 0) is 22.4 Å². The van der Waals surface area contributed by atoms with E-state index in [-0.39, 0.29) is 24.4 Å². The lowest BCUT2D eigenvalue weighted by Crippen LogP contribution is -2.15. The van der Waals surface area contributed by atoms with E-state index >= 15 is 0 Å². The van der Waals surface area contributed by atoms with Crippen LogP contribution in [0.4, 0.5) is 14.5 Å². The number of aromatic nitrogens is 2. The Bertz CT molecular complexity index is 787.